The van der Waals surface area contributed by atoms with Crippen molar-refractivity contribution in [1.82, 2.24) is 10.6 Å². The zero-order chi connectivity index (χ0) is 16.3. The third-order valence-corrected chi connectivity index (χ3v) is 3.97. The van der Waals surface area contributed by atoms with E-state index in [9.17, 15) is 9.59 Å². The van der Waals surface area contributed by atoms with E-state index in [1.165, 1.54) is 0 Å². The molecule has 1 unspecified atom stereocenters. The van der Waals surface area contributed by atoms with Crippen LogP contribution in [0.3, 0.4) is 0 Å². The molecule has 0 spiro atoms. The highest BCUT2D eigenvalue weighted by Crippen LogP contribution is 2.31. The lowest BCUT2D eigenvalue weighted by atomic mass is 9.95. The fourth-order valence-electron chi connectivity index (χ4n) is 2.12. The van der Waals surface area contributed by atoms with Gasteiger partial charge in [-0.1, -0.05) is 29.3 Å². The molecule has 1 aromatic rings. The second-order valence-electron chi connectivity index (χ2n) is 4.57. The average molecular weight is 364 g/mol. The lowest BCUT2D eigenvalue weighted by molar-refractivity contribution is -0.139. The first-order valence-electron chi connectivity index (χ1n) is 6.40. The van der Waals surface area contributed by atoms with Gasteiger partial charge in [0.05, 0.1) is 27.5 Å². The van der Waals surface area contributed by atoms with Crippen LogP contribution in [-0.4, -0.2) is 24.5 Å². The molecule has 0 radical (unpaired) electrons. The van der Waals surface area contributed by atoms with Crippen LogP contribution in [-0.2, 0) is 9.53 Å². The van der Waals surface area contributed by atoms with E-state index in [4.69, 9.17) is 39.5 Å². The summed E-state index contributed by atoms with van der Waals surface area (Å²) in [4.78, 5) is 23.9. The summed E-state index contributed by atoms with van der Waals surface area (Å²) >= 11 is 17.4. The number of rotatable bonds is 4. The number of benzene rings is 1. The highest BCUT2D eigenvalue weighted by molar-refractivity contribution is 6.42. The number of alkyl halides is 1. The Bertz CT molecular complexity index is 646. The van der Waals surface area contributed by atoms with E-state index in [2.05, 4.69) is 10.6 Å². The number of esters is 1. The van der Waals surface area contributed by atoms with Crippen LogP contribution in [0.5, 0.6) is 0 Å². The van der Waals surface area contributed by atoms with Gasteiger partial charge in [0.1, 0.15) is 6.61 Å². The van der Waals surface area contributed by atoms with Crippen LogP contribution in [0.15, 0.2) is 29.5 Å². The molecule has 0 aliphatic carbocycles. The Kier molecular flexibility index (Phi) is 5.56. The van der Waals surface area contributed by atoms with Crippen LogP contribution < -0.4 is 10.6 Å². The second kappa shape index (κ2) is 7.22. The van der Waals surface area contributed by atoms with E-state index >= 15 is 0 Å². The van der Waals surface area contributed by atoms with Crippen molar-refractivity contribution in [1.29, 1.82) is 0 Å². The summed E-state index contributed by atoms with van der Waals surface area (Å²) < 4.78 is 5.06. The highest BCUT2D eigenvalue weighted by atomic mass is 35.5. The smallest absolute Gasteiger partial charge is 0.338 e. The van der Waals surface area contributed by atoms with Crippen molar-refractivity contribution in [3.8, 4) is 0 Å². The van der Waals surface area contributed by atoms with Gasteiger partial charge in [-0.3, -0.25) is 0 Å². The molecule has 1 heterocycles. The molecule has 22 heavy (non-hydrogen) atoms. The molecule has 2 N–H and O–H groups in total. The molecule has 0 aromatic heterocycles. The number of ether oxygens (including phenoxy) is 1. The van der Waals surface area contributed by atoms with E-state index in [0.717, 1.165) is 0 Å². The lowest BCUT2D eigenvalue weighted by Gasteiger charge is -2.28. The van der Waals surface area contributed by atoms with E-state index in [1.807, 2.05) is 0 Å². The molecule has 1 aliphatic heterocycles. The van der Waals surface area contributed by atoms with Gasteiger partial charge in [0.15, 0.2) is 0 Å². The molecule has 0 bridgehead atoms. The number of amides is 2. The first-order valence-corrected chi connectivity index (χ1v) is 7.69. The van der Waals surface area contributed by atoms with Crippen molar-refractivity contribution in [2.75, 3.05) is 12.5 Å². The zero-order valence-electron chi connectivity index (χ0n) is 11.6. The van der Waals surface area contributed by atoms with Gasteiger partial charge in [0.2, 0.25) is 0 Å². The molecule has 1 atom stereocenters. The SMILES string of the molecule is CC1=C(C(=O)OCCCl)C(c2ccc(Cl)c(Cl)c2)NC(=O)N1. The summed E-state index contributed by atoms with van der Waals surface area (Å²) in [6.07, 6.45) is 0. The standard InChI is InChI=1S/C14H13Cl3N2O3/c1-7-11(13(20)22-5-4-15)12(19-14(21)18-7)8-2-3-9(16)10(17)6-8/h2-3,6,12H,4-5H2,1H3,(H2,18,19,21). The average Bonchev–Trinajstić information content (AvgIpc) is 2.46. The zero-order valence-corrected chi connectivity index (χ0v) is 13.9. The van der Waals surface area contributed by atoms with Gasteiger partial charge in [-0.05, 0) is 24.6 Å². The summed E-state index contributed by atoms with van der Waals surface area (Å²) in [7, 11) is 0. The minimum absolute atomic E-state index is 0.0825. The van der Waals surface area contributed by atoms with Crippen LogP contribution in [0.1, 0.15) is 18.5 Å². The Morgan fingerprint density at radius 3 is 2.68 bits per heavy atom. The van der Waals surface area contributed by atoms with E-state index in [1.54, 1.807) is 25.1 Å². The maximum atomic E-state index is 12.2. The third-order valence-electron chi connectivity index (χ3n) is 3.08. The molecule has 8 heteroatoms. The number of carbonyl (C=O) groups excluding carboxylic acids is 2. The van der Waals surface area contributed by atoms with Crippen LogP contribution in [0.4, 0.5) is 4.79 Å². The Morgan fingerprint density at radius 2 is 2.05 bits per heavy atom. The van der Waals surface area contributed by atoms with Crippen molar-refractivity contribution < 1.29 is 14.3 Å². The minimum Gasteiger partial charge on any atom is -0.461 e. The molecule has 1 aromatic carbocycles. The van der Waals surface area contributed by atoms with Gasteiger partial charge in [-0.15, -0.1) is 11.6 Å². The number of nitrogens with one attached hydrogen (secondary N) is 2. The molecule has 0 saturated heterocycles. The second-order valence-corrected chi connectivity index (χ2v) is 5.76. The van der Waals surface area contributed by atoms with Crippen molar-refractivity contribution in [3.05, 3.63) is 45.1 Å². The Hall–Kier alpha value is -1.43. The normalized spacial score (nSPS) is 17.8. The van der Waals surface area contributed by atoms with Gasteiger partial charge in [-0.25, -0.2) is 9.59 Å². The molecule has 2 amide bonds. The lowest BCUT2D eigenvalue weighted by Crippen LogP contribution is -2.45. The molecule has 0 saturated carbocycles. The summed E-state index contributed by atoms with van der Waals surface area (Å²) in [5.74, 6) is -0.364. The number of allylic oxidation sites excluding steroid dienone is 1. The molecular formula is C14H13Cl3N2O3. The molecular weight excluding hydrogens is 351 g/mol. The summed E-state index contributed by atoms with van der Waals surface area (Å²) in [6, 6.07) is 3.80. The topological polar surface area (TPSA) is 67.4 Å². The number of hydrogen-bond donors (Lipinski definition) is 2. The van der Waals surface area contributed by atoms with E-state index in [-0.39, 0.29) is 12.5 Å². The van der Waals surface area contributed by atoms with Gasteiger partial charge in [-0.2, -0.15) is 0 Å². The highest BCUT2D eigenvalue weighted by Gasteiger charge is 2.32. The first kappa shape index (κ1) is 16.9. The fourth-order valence-corrected chi connectivity index (χ4v) is 2.50. The van der Waals surface area contributed by atoms with Gasteiger partial charge < -0.3 is 15.4 Å². The first-order chi connectivity index (χ1) is 10.4. The van der Waals surface area contributed by atoms with Gasteiger partial charge >= 0.3 is 12.0 Å². The quantitative estimate of drug-likeness (QED) is 0.636. The number of carbonyl (C=O) groups is 2. The summed E-state index contributed by atoms with van der Waals surface area (Å²) in [6.45, 7) is 1.71. The number of hydrogen-bond acceptors (Lipinski definition) is 3. The maximum Gasteiger partial charge on any atom is 0.338 e. The Labute approximate surface area is 142 Å². The summed E-state index contributed by atoms with van der Waals surface area (Å²) in [5.41, 5.74) is 1.34. The van der Waals surface area contributed by atoms with Crippen molar-refractivity contribution in [3.63, 3.8) is 0 Å². The van der Waals surface area contributed by atoms with Crippen molar-refractivity contribution in [2.24, 2.45) is 0 Å². The molecule has 2 rings (SSSR count). The van der Waals surface area contributed by atoms with Crippen LogP contribution in [0.2, 0.25) is 10.0 Å². The summed E-state index contributed by atoms with van der Waals surface area (Å²) in [5, 5.41) is 5.94. The maximum absolute atomic E-state index is 12.2. The fraction of sp³-hybridized carbons (Fsp3) is 0.286. The van der Waals surface area contributed by atoms with Crippen molar-refractivity contribution in [2.45, 2.75) is 13.0 Å². The van der Waals surface area contributed by atoms with E-state index < -0.39 is 18.0 Å². The third kappa shape index (κ3) is 3.66. The van der Waals surface area contributed by atoms with Crippen LogP contribution in [0, 0.1) is 0 Å². The van der Waals surface area contributed by atoms with Gasteiger partial charge in [0.25, 0.3) is 0 Å². The number of halogens is 3. The molecule has 118 valence electrons. The predicted molar refractivity (Wildman–Crippen MR) is 85.2 cm³/mol. The van der Waals surface area contributed by atoms with Crippen molar-refractivity contribution >= 4 is 46.8 Å². The largest absolute Gasteiger partial charge is 0.461 e. The molecule has 5 nitrogen and oxygen atoms in total. The van der Waals surface area contributed by atoms with Gasteiger partial charge in [0, 0.05) is 5.70 Å². The Morgan fingerprint density at radius 1 is 1.32 bits per heavy atom. The minimum atomic E-state index is -0.675. The number of urea groups is 1. The van der Waals surface area contributed by atoms with Crippen LogP contribution >= 0.6 is 34.8 Å². The van der Waals surface area contributed by atoms with E-state index in [0.29, 0.717) is 26.9 Å². The molecule has 1 aliphatic rings. The monoisotopic (exact) mass is 362 g/mol. The van der Waals surface area contributed by atoms with Crippen LogP contribution in [0.25, 0.3) is 0 Å². The molecule has 0 fully saturated rings. The Balaban J connectivity index is 2.40. The predicted octanol–water partition coefficient (Wildman–Crippen LogP) is 3.40.